The second kappa shape index (κ2) is 11.1. The van der Waals surface area contributed by atoms with Crippen LogP contribution >= 0.6 is 39.3 Å². The lowest BCUT2D eigenvalue weighted by Crippen LogP contribution is -2.27. The molecule has 11 heteroatoms. The minimum Gasteiger partial charge on any atom is -0.490 e. The Bertz CT molecular complexity index is 1460. The van der Waals surface area contributed by atoms with Crippen LogP contribution in [0.5, 0.6) is 11.5 Å². The van der Waals surface area contributed by atoms with Crippen molar-refractivity contribution in [2.75, 3.05) is 6.61 Å². The molecule has 7 nitrogen and oxygen atoms in total. The van der Waals surface area contributed by atoms with Gasteiger partial charge in [-0.15, -0.1) is 0 Å². The third-order valence-corrected chi connectivity index (χ3v) is 7.92. The molecule has 0 aliphatic carbocycles. The third kappa shape index (κ3) is 5.95. The molecule has 36 heavy (non-hydrogen) atoms. The van der Waals surface area contributed by atoms with Crippen molar-refractivity contribution in [1.29, 1.82) is 0 Å². The summed E-state index contributed by atoms with van der Waals surface area (Å²) in [4.78, 5) is 26.8. The van der Waals surface area contributed by atoms with E-state index in [0.717, 1.165) is 22.2 Å². The van der Waals surface area contributed by atoms with Crippen molar-refractivity contribution in [2.45, 2.75) is 18.4 Å². The van der Waals surface area contributed by atoms with Gasteiger partial charge >= 0.3 is 10.1 Å². The van der Waals surface area contributed by atoms with Gasteiger partial charge in [-0.2, -0.15) is 8.42 Å². The van der Waals surface area contributed by atoms with Gasteiger partial charge in [0, 0.05) is 5.02 Å². The van der Waals surface area contributed by atoms with Crippen molar-refractivity contribution >= 4 is 66.6 Å². The van der Waals surface area contributed by atoms with Crippen LogP contribution in [-0.4, -0.2) is 31.1 Å². The molecule has 0 N–H and O–H groups in total. The fourth-order valence-electron chi connectivity index (χ4n) is 3.37. The van der Waals surface area contributed by atoms with Gasteiger partial charge in [0.05, 0.1) is 22.5 Å². The Balaban J connectivity index is 1.62. The Morgan fingerprint density at radius 1 is 1.06 bits per heavy atom. The molecule has 3 aromatic carbocycles. The van der Waals surface area contributed by atoms with Crippen LogP contribution in [0.3, 0.4) is 0 Å². The van der Waals surface area contributed by atoms with Crippen molar-refractivity contribution in [2.24, 2.45) is 0 Å². The largest absolute Gasteiger partial charge is 0.490 e. The summed E-state index contributed by atoms with van der Waals surface area (Å²) in [6, 6.07) is 17.8. The Morgan fingerprint density at radius 3 is 2.50 bits per heavy atom. The summed E-state index contributed by atoms with van der Waals surface area (Å²) in [6.45, 7) is 2.09. The lowest BCUT2D eigenvalue weighted by molar-refractivity contribution is -0.123. The zero-order chi connectivity index (χ0) is 25.9. The minimum absolute atomic E-state index is 0.00296. The fraction of sp³-hybridized carbons (Fsp3) is 0.120. The van der Waals surface area contributed by atoms with Crippen molar-refractivity contribution < 1.29 is 26.9 Å². The van der Waals surface area contributed by atoms with Crippen LogP contribution in [0.25, 0.3) is 6.08 Å². The molecule has 1 fully saturated rings. The molecule has 0 spiro atoms. The number of thioether (sulfide) groups is 1. The van der Waals surface area contributed by atoms with Crippen LogP contribution in [0.15, 0.2) is 81.0 Å². The zero-order valence-electron chi connectivity index (χ0n) is 18.8. The summed E-state index contributed by atoms with van der Waals surface area (Å²) < 4.78 is 36.8. The normalized spacial score (nSPS) is 15.0. The van der Waals surface area contributed by atoms with Gasteiger partial charge in [-0.1, -0.05) is 41.9 Å². The summed E-state index contributed by atoms with van der Waals surface area (Å²) >= 11 is 10.2. The number of carbonyl (C=O) groups is 2. The summed E-state index contributed by atoms with van der Waals surface area (Å²) in [5.74, 6) is -0.297. The van der Waals surface area contributed by atoms with E-state index in [1.54, 1.807) is 67.6 Å². The van der Waals surface area contributed by atoms with Gasteiger partial charge in [0.25, 0.3) is 11.1 Å². The SMILES string of the molecule is CCOc1cc(/C=C2\SC(=O)N(Cc3cccc(Cl)c3)C2=O)cc(Br)c1OS(=O)(=O)c1ccccc1. The number of rotatable bonds is 8. The number of nitrogens with zero attached hydrogens (tertiary/aromatic N) is 1. The highest BCUT2D eigenvalue weighted by molar-refractivity contribution is 9.10. The Labute approximate surface area is 226 Å². The molecule has 0 aromatic heterocycles. The summed E-state index contributed by atoms with van der Waals surface area (Å²) in [6.07, 6.45) is 1.55. The maximum absolute atomic E-state index is 13.0. The molecule has 0 radical (unpaired) electrons. The van der Waals surface area contributed by atoms with E-state index < -0.39 is 21.3 Å². The highest BCUT2D eigenvalue weighted by Gasteiger charge is 2.35. The molecule has 1 aliphatic heterocycles. The number of amides is 2. The van der Waals surface area contributed by atoms with Crippen LogP contribution in [0, 0.1) is 0 Å². The van der Waals surface area contributed by atoms with Crippen LogP contribution in [-0.2, 0) is 21.5 Å². The smallest absolute Gasteiger partial charge is 0.339 e. The number of carbonyl (C=O) groups excluding carboxylic acids is 2. The van der Waals surface area contributed by atoms with Gasteiger partial charge in [0.2, 0.25) is 0 Å². The quantitative estimate of drug-likeness (QED) is 0.213. The molecule has 0 atom stereocenters. The Hall–Kier alpha value is -2.79. The van der Waals surface area contributed by atoms with Crippen molar-refractivity contribution in [3.05, 3.63) is 92.3 Å². The molecule has 0 unspecified atom stereocenters. The molecule has 4 rings (SSSR count). The molecule has 1 saturated heterocycles. The second-order valence-corrected chi connectivity index (χ2v) is 11.3. The van der Waals surface area contributed by atoms with Gasteiger partial charge < -0.3 is 8.92 Å². The molecule has 1 aliphatic rings. The first-order chi connectivity index (χ1) is 17.2. The van der Waals surface area contributed by atoms with E-state index in [0.29, 0.717) is 15.1 Å². The van der Waals surface area contributed by atoms with Crippen LogP contribution in [0.1, 0.15) is 18.1 Å². The average Bonchev–Trinajstić information content (AvgIpc) is 3.09. The van der Waals surface area contributed by atoms with Gasteiger partial charge in [0.1, 0.15) is 4.90 Å². The number of hydrogen-bond acceptors (Lipinski definition) is 7. The maximum atomic E-state index is 13.0. The second-order valence-electron chi connectivity index (χ2n) is 7.51. The molecular formula is C25H19BrClNO6S2. The predicted molar refractivity (Wildman–Crippen MR) is 143 cm³/mol. The monoisotopic (exact) mass is 607 g/mol. The third-order valence-electron chi connectivity index (χ3n) is 4.96. The maximum Gasteiger partial charge on any atom is 0.339 e. The van der Waals surface area contributed by atoms with Gasteiger partial charge in [-0.25, -0.2) is 0 Å². The first-order valence-corrected chi connectivity index (χ1v) is 14.0. The minimum atomic E-state index is -4.11. The number of halogens is 2. The van der Waals surface area contributed by atoms with Crippen molar-refractivity contribution in [1.82, 2.24) is 4.90 Å². The number of hydrogen-bond donors (Lipinski definition) is 0. The van der Waals surface area contributed by atoms with Crippen LogP contribution in [0.2, 0.25) is 5.02 Å². The van der Waals surface area contributed by atoms with E-state index in [9.17, 15) is 18.0 Å². The Kier molecular flexibility index (Phi) is 8.09. The van der Waals surface area contributed by atoms with Gasteiger partial charge in [0.15, 0.2) is 11.5 Å². The first kappa shape index (κ1) is 26.3. The van der Waals surface area contributed by atoms with E-state index >= 15 is 0 Å². The first-order valence-electron chi connectivity index (χ1n) is 10.6. The predicted octanol–water partition coefficient (Wildman–Crippen LogP) is 6.51. The van der Waals surface area contributed by atoms with E-state index in [4.69, 9.17) is 20.5 Å². The topological polar surface area (TPSA) is 90.0 Å². The lowest BCUT2D eigenvalue weighted by Gasteiger charge is -2.15. The summed E-state index contributed by atoms with van der Waals surface area (Å²) in [5.41, 5.74) is 1.25. The summed E-state index contributed by atoms with van der Waals surface area (Å²) in [5, 5.41) is 0.115. The number of imide groups is 1. The highest BCUT2D eigenvalue weighted by atomic mass is 79.9. The molecule has 0 bridgehead atoms. The van der Waals surface area contributed by atoms with Gasteiger partial charge in [-0.05, 0) is 88.2 Å². The van der Waals surface area contributed by atoms with Crippen molar-refractivity contribution in [3.8, 4) is 11.5 Å². The molecule has 1 heterocycles. The van der Waals surface area contributed by atoms with E-state index in [1.807, 2.05) is 0 Å². The van der Waals surface area contributed by atoms with E-state index in [2.05, 4.69) is 15.9 Å². The van der Waals surface area contributed by atoms with E-state index in [-0.39, 0.29) is 34.5 Å². The number of benzene rings is 3. The molecule has 186 valence electrons. The van der Waals surface area contributed by atoms with Crippen LogP contribution < -0.4 is 8.92 Å². The Morgan fingerprint density at radius 2 is 1.81 bits per heavy atom. The number of ether oxygens (including phenoxy) is 1. The zero-order valence-corrected chi connectivity index (χ0v) is 22.8. The molecule has 3 aromatic rings. The van der Waals surface area contributed by atoms with Crippen molar-refractivity contribution in [3.63, 3.8) is 0 Å². The van der Waals surface area contributed by atoms with E-state index in [1.165, 1.54) is 12.1 Å². The lowest BCUT2D eigenvalue weighted by atomic mass is 10.1. The van der Waals surface area contributed by atoms with Gasteiger partial charge in [-0.3, -0.25) is 14.5 Å². The fourth-order valence-corrected chi connectivity index (χ4v) is 6.04. The average molecular weight is 609 g/mol. The van der Waals surface area contributed by atoms with Crippen LogP contribution in [0.4, 0.5) is 4.79 Å². The standard InChI is InChI=1S/C25H19BrClNO6S2/c1-2-33-21-13-17(12-20(26)23(21)34-36(31,32)19-9-4-3-5-10-19)14-22-24(29)28(25(30)35-22)15-16-7-6-8-18(27)11-16/h3-14H,2,15H2,1H3/b22-14-. The molecular weight excluding hydrogens is 590 g/mol. The highest BCUT2D eigenvalue weighted by Crippen LogP contribution is 2.41. The summed E-state index contributed by atoms with van der Waals surface area (Å²) in [7, 11) is -4.11. The molecule has 0 saturated carbocycles. The molecule has 2 amide bonds.